The van der Waals surface area contributed by atoms with Crippen LogP contribution in [0.15, 0.2) is 0 Å². The number of hydrogen-bond donors (Lipinski definition) is 0. The number of rotatable bonds is 2. The van der Waals surface area contributed by atoms with E-state index in [-0.39, 0.29) is 0 Å². The minimum absolute atomic E-state index is 0.789. The van der Waals surface area contributed by atoms with Crippen LogP contribution in [0.25, 0.3) is 0 Å². The van der Waals surface area contributed by atoms with Gasteiger partial charge in [-0.15, -0.1) is 0 Å². The highest BCUT2D eigenvalue weighted by Gasteiger charge is 2.45. The standard InChI is InChI=1S/C11H19Br/c1-11(6-7-11)10-4-2-9(8-12)3-5-10/h9-10H,2-8H2,1H3. The predicted molar refractivity (Wildman–Crippen MR) is 56.6 cm³/mol. The Morgan fingerprint density at radius 3 is 2.17 bits per heavy atom. The van der Waals surface area contributed by atoms with Gasteiger partial charge in [0.05, 0.1) is 0 Å². The van der Waals surface area contributed by atoms with Crippen LogP contribution in [-0.4, -0.2) is 5.33 Å². The highest BCUT2D eigenvalue weighted by atomic mass is 79.9. The van der Waals surface area contributed by atoms with E-state index in [1.165, 1.54) is 43.9 Å². The van der Waals surface area contributed by atoms with Gasteiger partial charge in [0.2, 0.25) is 0 Å². The summed E-state index contributed by atoms with van der Waals surface area (Å²) in [6.07, 6.45) is 8.99. The van der Waals surface area contributed by atoms with Gasteiger partial charge in [-0.05, 0) is 55.8 Å². The third-order valence-electron chi connectivity index (χ3n) is 4.09. The van der Waals surface area contributed by atoms with Gasteiger partial charge < -0.3 is 0 Å². The molecule has 0 radical (unpaired) electrons. The molecular weight excluding hydrogens is 212 g/mol. The Kier molecular flexibility index (Phi) is 2.51. The normalized spacial score (nSPS) is 39.5. The molecule has 2 aliphatic carbocycles. The molecule has 2 fully saturated rings. The Balaban J connectivity index is 1.82. The van der Waals surface area contributed by atoms with Gasteiger partial charge in [0, 0.05) is 5.33 Å². The van der Waals surface area contributed by atoms with Crippen molar-refractivity contribution in [3.8, 4) is 0 Å². The first kappa shape index (κ1) is 9.05. The quantitative estimate of drug-likeness (QED) is 0.630. The number of hydrogen-bond acceptors (Lipinski definition) is 0. The van der Waals surface area contributed by atoms with Crippen molar-refractivity contribution in [2.75, 3.05) is 5.33 Å². The van der Waals surface area contributed by atoms with Crippen molar-refractivity contribution in [1.82, 2.24) is 0 Å². The lowest BCUT2D eigenvalue weighted by molar-refractivity contribution is 0.211. The maximum Gasteiger partial charge on any atom is 0.00596 e. The lowest BCUT2D eigenvalue weighted by Crippen LogP contribution is -2.21. The van der Waals surface area contributed by atoms with Crippen molar-refractivity contribution in [2.24, 2.45) is 17.3 Å². The average molecular weight is 231 g/mol. The summed E-state index contributed by atoms with van der Waals surface area (Å²) in [6, 6.07) is 0. The summed E-state index contributed by atoms with van der Waals surface area (Å²) in [6.45, 7) is 2.49. The average Bonchev–Trinajstić information content (AvgIpc) is 2.85. The third kappa shape index (κ3) is 1.71. The molecular formula is C11H19Br. The van der Waals surface area contributed by atoms with E-state index in [0.29, 0.717) is 0 Å². The van der Waals surface area contributed by atoms with Gasteiger partial charge in [-0.1, -0.05) is 22.9 Å². The number of alkyl halides is 1. The minimum Gasteiger partial charge on any atom is -0.0925 e. The first-order valence-electron chi connectivity index (χ1n) is 5.30. The topological polar surface area (TPSA) is 0 Å². The van der Waals surface area contributed by atoms with Crippen LogP contribution in [0.2, 0.25) is 0 Å². The van der Waals surface area contributed by atoms with Gasteiger partial charge in [0.1, 0.15) is 0 Å². The van der Waals surface area contributed by atoms with E-state index in [4.69, 9.17) is 0 Å². The lowest BCUT2D eigenvalue weighted by Gasteiger charge is -2.31. The van der Waals surface area contributed by atoms with Crippen LogP contribution in [-0.2, 0) is 0 Å². The zero-order chi connectivity index (χ0) is 8.60. The zero-order valence-corrected chi connectivity index (χ0v) is 9.57. The van der Waals surface area contributed by atoms with Crippen LogP contribution in [0.5, 0.6) is 0 Å². The summed E-state index contributed by atoms with van der Waals surface area (Å²) in [4.78, 5) is 0. The Bertz CT molecular complexity index is 152. The molecule has 0 amide bonds. The first-order chi connectivity index (χ1) is 5.74. The maximum atomic E-state index is 3.60. The van der Waals surface area contributed by atoms with Crippen LogP contribution in [0.3, 0.4) is 0 Å². The van der Waals surface area contributed by atoms with Gasteiger partial charge in [0.25, 0.3) is 0 Å². The molecule has 12 heavy (non-hydrogen) atoms. The fourth-order valence-electron chi connectivity index (χ4n) is 2.62. The molecule has 0 N–H and O–H groups in total. The second-order valence-electron chi connectivity index (χ2n) is 5.03. The molecule has 0 bridgehead atoms. The van der Waals surface area contributed by atoms with Crippen LogP contribution in [0.4, 0.5) is 0 Å². The van der Waals surface area contributed by atoms with E-state index in [0.717, 1.165) is 17.3 Å². The zero-order valence-electron chi connectivity index (χ0n) is 7.98. The Labute approximate surface area is 84.2 Å². The largest absolute Gasteiger partial charge is 0.0925 e. The Hall–Kier alpha value is 0.480. The molecule has 2 saturated carbocycles. The molecule has 0 heterocycles. The monoisotopic (exact) mass is 230 g/mol. The van der Waals surface area contributed by atoms with Crippen LogP contribution in [0, 0.1) is 17.3 Å². The summed E-state index contributed by atoms with van der Waals surface area (Å²) < 4.78 is 0. The van der Waals surface area contributed by atoms with E-state index < -0.39 is 0 Å². The smallest absolute Gasteiger partial charge is 0.00596 e. The van der Waals surface area contributed by atoms with E-state index >= 15 is 0 Å². The molecule has 0 nitrogen and oxygen atoms in total. The Morgan fingerprint density at radius 1 is 1.17 bits per heavy atom. The van der Waals surface area contributed by atoms with Crippen molar-refractivity contribution in [3.05, 3.63) is 0 Å². The van der Waals surface area contributed by atoms with E-state index in [9.17, 15) is 0 Å². The number of halogens is 1. The minimum atomic E-state index is 0.789. The Morgan fingerprint density at radius 2 is 1.75 bits per heavy atom. The fraction of sp³-hybridized carbons (Fsp3) is 1.00. The third-order valence-corrected chi connectivity index (χ3v) is 5.00. The van der Waals surface area contributed by atoms with E-state index in [2.05, 4.69) is 22.9 Å². The molecule has 1 heteroatoms. The van der Waals surface area contributed by atoms with E-state index in [1.807, 2.05) is 0 Å². The molecule has 0 spiro atoms. The molecule has 0 aromatic rings. The summed E-state index contributed by atoms with van der Waals surface area (Å²) in [5, 5.41) is 1.23. The predicted octanol–water partition coefficient (Wildman–Crippen LogP) is 3.99. The van der Waals surface area contributed by atoms with Crippen LogP contribution >= 0.6 is 15.9 Å². The first-order valence-corrected chi connectivity index (χ1v) is 6.43. The lowest BCUT2D eigenvalue weighted by atomic mass is 9.75. The van der Waals surface area contributed by atoms with Crippen molar-refractivity contribution in [1.29, 1.82) is 0 Å². The summed E-state index contributed by atoms with van der Waals surface area (Å²) in [5.74, 6) is 2.07. The van der Waals surface area contributed by atoms with Gasteiger partial charge in [-0.2, -0.15) is 0 Å². The van der Waals surface area contributed by atoms with Crippen molar-refractivity contribution in [3.63, 3.8) is 0 Å². The van der Waals surface area contributed by atoms with Gasteiger partial charge in [-0.3, -0.25) is 0 Å². The molecule has 0 aromatic carbocycles. The molecule has 0 atom stereocenters. The molecule has 2 rings (SSSR count). The van der Waals surface area contributed by atoms with Crippen molar-refractivity contribution >= 4 is 15.9 Å². The molecule has 0 aromatic heterocycles. The van der Waals surface area contributed by atoms with Crippen molar-refractivity contribution < 1.29 is 0 Å². The summed E-state index contributed by atoms with van der Waals surface area (Å²) in [5.41, 5.74) is 0.789. The molecule has 2 aliphatic rings. The SMILES string of the molecule is CC1(C2CCC(CBr)CC2)CC1. The van der Waals surface area contributed by atoms with Gasteiger partial charge in [-0.25, -0.2) is 0 Å². The summed E-state index contributed by atoms with van der Waals surface area (Å²) in [7, 11) is 0. The highest BCUT2D eigenvalue weighted by Crippen LogP contribution is 2.56. The van der Waals surface area contributed by atoms with Gasteiger partial charge in [0.15, 0.2) is 0 Å². The second-order valence-corrected chi connectivity index (χ2v) is 5.67. The second kappa shape index (κ2) is 3.32. The van der Waals surface area contributed by atoms with Gasteiger partial charge >= 0.3 is 0 Å². The molecule has 0 unspecified atom stereocenters. The van der Waals surface area contributed by atoms with Crippen LogP contribution < -0.4 is 0 Å². The van der Waals surface area contributed by atoms with Crippen molar-refractivity contribution in [2.45, 2.75) is 45.4 Å². The van der Waals surface area contributed by atoms with Crippen LogP contribution in [0.1, 0.15) is 45.4 Å². The fourth-order valence-corrected chi connectivity index (χ4v) is 3.27. The molecule has 0 aliphatic heterocycles. The maximum absolute atomic E-state index is 3.60. The highest BCUT2D eigenvalue weighted by molar-refractivity contribution is 9.09. The summed E-state index contributed by atoms with van der Waals surface area (Å²) >= 11 is 3.60. The van der Waals surface area contributed by atoms with E-state index in [1.54, 1.807) is 0 Å². The molecule has 0 saturated heterocycles. The molecule has 70 valence electrons.